The molecule has 108 heavy (non-hydrogen) atoms. The van der Waals surface area contributed by atoms with Crippen LogP contribution in [0.5, 0.6) is 0 Å². The Morgan fingerprint density at radius 3 is 0.685 bits per heavy atom. The van der Waals surface area contributed by atoms with E-state index in [9.17, 15) is 20.4 Å². The van der Waals surface area contributed by atoms with Gasteiger partial charge in [0.25, 0.3) is 0 Å². The van der Waals surface area contributed by atoms with Crippen molar-refractivity contribution in [3.05, 3.63) is 355 Å². The highest BCUT2D eigenvalue weighted by molar-refractivity contribution is 6.00. The van der Waals surface area contributed by atoms with Gasteiger partial charge in [-0.2, -0.15) is 0 Å². The van der Waals surface area contributed by atoms with Crippen LogP contribution in [0.25, 0.3) is 101 Å². The Bertz CT molecular complexity index is 5530. The zero-order valence-corrected chi connectivity index (χ0v) is 58.4. The number of azide groups is 1. The average molecular weight is 1420 g/mol. The van der Waals surface area contributed by atoms with Gasteiger partial charge in [-0.05, 0) is 85.4 Å². The van der Waals surface area contributed by atoms with Crippen molar-refractivity contribution in [3.63, 3.8) is 0 Å². The van der Waals surface area contributed by atoms with E-state index in [-0.39, 0.29) is 33.0 Å². The fourth-order valence-corrected chi connectivity index (χ4v) is 13.3. The number of nitrogens with zero attached hydrogens (tertiary/aromatic N) is 15. The largest absolute Gasteiger partial charge is 0.392 e. The van der Waals surface area contributed by atoms with Gasteiger partial charge in [-0.25, -0.2) is 18.7 Å². The monoisotopic (exact) mass is 1420 g/mol. The van der Waals surface area contributed by atoms with Crippen LogP contribution >= 0.6 is 0 Å². The number of hydrogen-bond acceptors (Lipinski definition) is 14. The van der Waals surface area contributed by atoms with Gasteiger partial charge in [0, 0.05) is 71.7 Å². The van der Waals surface area contributed by atoms with Crippen LogP contribution < -0.4 is 0 Å². The Balaban J connectivity index is 0.000000128. The molecule has 3 aliphatic rings. The van der Waals surface area contributed by atoms with E-state index in [0.717, 1.165) is 168 Å². The summed E-state index contributed by atoms with van der Waals surface area (Å²) >= 11 is 0. The summed E-state index contributed by atoms with van der Waals surface area (Å²) in [6.07, 6.45) is 0. The molecule has 18 rings (SSSR count). The van der Waals surface area contributed by atoms with Gasteiger partial charge in [-0.1, -0.05) is 292 Å². The van der Waals surface area contributed by atoms with Gasteiger partial charge in [0.1, 0.15) is 22.8 Å². The van der Waals surface area contributed by atoms with Gasteiger partial charge in [-0.3, -0.25) is 0 Å². The highest BCUT2D eigenvalue weighted by atomic mass is 16.3. The molecule has 4 aromatic heterocycles. The molecule has 0 aliphatic heterocycles. The summed E-state index contributed by atoms with van der Waals surface area (Å²) in [5.41, 5.74) is 36.4. The van der Waals surface area contributed by atoms with Gasteiger partial charge in [0.15, 0.2) is 0 Å². The molecule has 0 bridgehead atoms. The fraction of sp³-hybridized carbons (Fsp3) is 0.114. The Labute approximate surface area is 622 Å². The highest BCUT2D eigenvalue weighted by Crippen LogP contribution is 2.48. The molecule has 0 saturated carbocycles. The van der Waals surface area contributed by atoms with Crippen molar-refractivity contribution < 1.29 is 25.5 Å². The molecule has 0 unspecified atom stereocenters. The number of aliphatic hydroxyl groups excluding tert-OH is 5. The van der Waals surface area contributed by atoms with Gasteiger partial charge < -0.3 is 25.5 Å². The van der Waals surface area contributed by atoms with E-state index < -0.39 is 0 Å². The number of rotatable bonds is 15. The quantitative estimate of drug-likeness (QED) is 0.0277. The second-order valence-corrected chi connectivity index (χ2v) is 25.8. The second-order valence-electron chi connectivity index (χ2n) is 25.8. The number of aliphatic hydroxyl groups is 5. The van der Waals surface area contributed by atoms with Crippen molar-refractivity contribution in [1.82, 2.24) is 60.0 Å². The van der Waals surface area contributed by atoms with E-state index in [1.807, 2.05) is 237 Å². The third-order valence-electron chi connectivity index (χ3n) is 18.9. The van der Waals surface area contributed by atoms with E-state index in [1.165, 1.54) is 0 Å². The Kier molecular flexibility index (Phi) is 21.0. The van der Waals surface area contributed by atoms with Gasteiger partial charge >= 0.3 is 0 Å². The lowest BCUT2D eigenvalue weighted by Crippen LogP contribution is -2.08. The Morgan fingerprint density at radius 2 is 0.454 bits per heavy atom. The SMILES string of the molecule is C1#Cc2ccccc2C#Cc2ccccc21.OCc1ccc(Cn2nnc3c2-c2ccccc2-c2c(nnn2Cc2ccc(CO)cc2)-c2ccccc2-3)cc1.OCc1ccc(Cn2nnc3c2-c2ccccc2-c2nnn(Cc4ccc(CO)cc4)c2-c2ccccc2-3)cc1.[N-]=[N+]=NCc1ccc(CO)cc1. The second kappa shape index (κ2) is 32.5. The number of hydrogen-bond donors (Lipinski definition) is 5. The minimum atomic E-state index is 0.0127. The van der Waals surface area contributed by atoms with Crippen LogP contribution in [0.15, 0.2) is 272 Å². The highest BCUT2D eigenvalue weighted by Gasteiger charge is 2.32. The Hall–Kier alpha value is -13.8. The van der Waals surface area contributed by atoms with E-state index in [1.54, 1.807) is 0 Å². The van der Waals surface area contributed by atoms with Gasteiger partial charge in [0.05, 0.1) is 88.5 Å². The van der Waals surface area contributed by atoms with Crippen molar-refractivity contribution >= 4 is 0 Å². The van der Waals surface area contributed by atoms with Crippen LogP contribution in [0.2, 0.25) is 0 Å². The smallest absolute Gasteiger partial charge is 0.121 e. The number of aromatic nitrogens is 12. The molecule has 15 aromatic rings. The molecule has 0 saturated heterocycles. The van der Waals surface area contributed by atoms with Crippen LogP contribution in [0, 0.1) is 23.7 Å². The first-order chi connectivity index (χ1) is 53.3. The summed E-state index contributed by atoms with van der Waals surface area (Å²) in [5.74, 6) is 12.7. The molecular formula is C88H69N15O5. The van der Waals surface area contributed by atoms with Crippen LogP contribution in [0.3, 0.4) is 0 Å². The topological polar surface area (TPSA) is 273 Å². The third kappa shape index (κ3) is 15.0. The third-order valence-corrected chi connectivity index (χ3v) is 18.9. The zero-order valence-electron chi connectivity index (χ0n) is 58.4. The van der Waals surface area contributed by atoms with E-state index in [4.69, 9.17) is 20.8 Å². The van der Waals surface area contributed by atoms with Gasteiger partial charge in [-0.15, -0.1) is 20.4 Å². The van der Waals surface area contributed by atoms with Gasteiger partial charge in [0.2, 0.25) is 0 Å². The molecule has 0 spiro atoms. The summed E-state index contributed by atoms with van der Waals surface area (Å²) < 4.78 is 7.78. The van der Waals surface area contributed by atoms with Crippen LogP contribution in [0.4, 0.5) is 0 Å². The molecule has 20 nitrogen and oxygen atoms in total. The predicted octanol–water partition coefficient (Wildman–Crippen LogP) is 14.7. The summed E-state index contributed by atoms with van der Waals surface area (Å²) in [6.45, 7) is 2.60. The first-order valence-corrected chi connectivity index (χ1v) is 35.1. The molecule has 526 valence electrons. The molecule has 0 fully saturated rings. The number of benzene rings is 11. The zero-order chi connectivity index (χ0) is 73.7. The molecule has 0 radical (unpaired) electrons. The molecule has 20 heteroatoms. The van der Waals surface area contributed by atoms with E-state index in [0.29, 0.717) is 32.7 Å². The van der Waals surface area contributed by atoms with Crippen molar-refractivity contribution in [2.24, 2.45) is 5.11 Å². The van der Waals surface area contributed by atoms with Crippen molar-refractivity contribution in [3.8, 4) is 114 Å². The van der Waals surface area contributed by atoms with Crippen molar-refractivity contribution in [1.29, 1.82) is 0 Å². The molecule has 11 aromatic carbocycles. The van der Waals surface area contributed by atoms with Crippen molar-refractivity contribution in [2.45, 2.75) is 65.8 Å². The molecule has 0 amide bonds. The average Bonchev–Trinajstić information content (AvgIpc) is 1.55. The normalized spacial score (nSPS) is 11.2. The van der Waals surface area contributed by atoms with E-state index in [2.05, 4.69) is 113 Å². The maximum atomic E-state index is 9.45. The Morgan fingerprint density at radius 1 is 0.259 bits per heavy atom. The summed E-state index contributed by atoms with van der Waals surface area (Å²) in [5, 5.41) is 87.2. The summed E-state index contributed by atoms with van der Waals surface area (Å²) in [7, 11) is 0. The maximum absolute atomic E-state index is 9.45. The predicted molar refractivity (Wildman–Crippen MR) is 414 cm³/mol. The summed E-state index contributed by atoms with van der Waals surface area (Å²) in [4.78, 5) is 2.65. The minimum absolute atomic E-state index is 0.0127. The first-order valence-electron chi connectivity index (χ1n) is 35.1. The lowest BCUT2D eigenvalue weighted by molar-refractivity contribution is 0.281. The fourth-order valence-electron chi connectivity index (χ4n) is 13.3. The number of fused-ring (bicyclic) bond motifs is 18. The van der Waals surface area contributed by atoms with Crippen LogP contribution in [-0.4, -0.2) is 85.5 Å². The summed E-state index contributed by atoms with van der Waals surface area (Å²) in [6, 6.07) is 87.7. The molecular weight excluding hydrogens is 1350 g/mol. The lowest BCUT2D eigenvalue weighted by atomic mass is 9.89. The molecule has 4 heterocycles. The molecule has 3 aliphatic carbocycles. The maximum Gasteiger partial charge on any atom is 0.121 e. The molecule has 5 N–H and O–H groups in total. The van der Waals surface area contributed by atoms with Crippen LogP contribution in [-0.2, 0) is 65.8 Å². The standard InChI is InChI=1S/2C32H26N6O2.C16H8.C8H9N3O/c39-19-23-13-9-21(10-14-23)17-37-31-27-7-3-1-5-25(27)29-32(28-8-4-2-6-26(28)30(31)34-36-37)38(35-33-29)18-22-11-15-24(20-40)16-12-22;39-19-23-13-9-21(10-14-23)17-37-31-27-7-3-4-8-28(27)32-30(26-6-2-1-5-25(26)29(31)33-35-37)34-36-38(32)18-22-11-15-24(20-40)16-12-22;1-2-6-14-11-12-16-8-4-3-7-15(16)10-9-13(14)5-1;9-11-10-5-7-1-3-8(6-12)4-2-7/h2*1-16,39-40H,17-20H2;1-8H;1-4,12H,5-6H2. The van der Waals surface area contributed by atoms with E-state index >= 15 is 0 Å². The van der Waals surface area contributed by atoms with Crippen LogP contribution in [0.1, 0.15) is 77.9 Å². The minimum Gasteiger partial charge on any atom is -0.392 e. The first kappa shape index (κ1) is 69.9. The molecule has 0 atom stereocenters. The lowest BCUT2D eigenvalue weighted by Gasteiger charge is -2.19. The van der Waals surface area contributed by atoms with Crippen molar-refractivity contribution in [2.75, 3.05) is 0 Å².